The second-order valence-corrected chi connectivity index (χ2v) is 3.06. The molecule has 0 aromatic carbocycles. The minimum absolute atomic E-state index is 0.349. The summed E-state index contributed by atoms with van der Waals surface area (Å²) in [7, 11) is 3.90. The lowest BCUT2D eigenvalue weighted by atomic mass is 10.4. The van der Waals surface area contributed by atoms with Crippen LogP contribution in [0.4, 0.5) is 10.5 Å². The second kappa shape index (κ2) is 4.60. The lowest BCUT2D eigenvalue weighted by Gasteiger charge is -2.09. The van der Waals surface area contributed by atoms with Crippen LogP contribution in [0.5, 0.6) is 0 Å². The van der Waals surface area contributed by atoms with Gasteiger partial charge in [-0.3, -0.25) is 0 Å². The molecule has 0 bridgehead atoms. The van der Waals surface area contributed by atoms with Crippen molar-refractivity contribution in [3.05, 3.63) is 24.5 Å². The van der Waals surface area contributed by atoms with Gasteiger partial charge in [0.15, 0.2) is 12.4 Å². The molecule has 1 aromatic heterocycles. The molecule has 0 aliphatic rings. The Morgan fingerprint density at radius 2 is 2.00 bits per heavy atom. The maximum Gasteiger partial charge on any atom is 0.601 e. The average molecular weight is 195 g/mol. The van der Waals surface area contributed by atoms with Gasteiger partial charge >= 0.3 is 6.09 Å². The van der Waals surface area contributed by atoms with Gasteiger partial charge < -0.3 is 9.64 Å². The molecular formula is C10H15N2O2+. The molecule has 0 unspecified atom stereocenters. The van der Waals surface area contributed by atoms with E-state index in [1.807, 2.05) is 31.1 Å². The number of pyridine rings is 1. The molecule has 1 rings (SSSR count). The SMILES string of the molecule is CCOC(=O)[n+]1ccc(N(C)C)cc1. The fraction of sp³-hybridized carbons (Fsp3) is 0.400. The number of carbonyl (C=O) groups excluding carboxylic acids is 1. The van der Waals surface area contributed by atoms with Gasteiger partial charge in [-0.15, -0.1) is 0 Å². The summed E-state index contributed by atoms with van der Waals surface area (Å²) in [4.78, 5) is 13.2. The smallest absolute Gasteiger partial charge is 0.412 e. The summed E-state index contributed by atoms with van der Waals surface area (Å²) in [5.74, 6) is 0. The molecule has 0 saturated heterocycles. The molecule has 1 heterocycles. The van der Waals surface area contributed by atoms with E-state index in [2.05, 4.69) is 0 Å². The van der Waals surface area contributed by atoms with Gasteiger partial charge in [0, 0.05) is 31.9 Å². The zero-order chi connectivity index (χ0) is 10.6. The Morgan fingerprint density at radius 1 is 1.43 bits per heavy atom. The Morgan fingerprint density at radius 3 is 2.43 bits per heavy atom. The van der Waals surface area contributed by atoms with E-state index < -0.39 is 0 Å². The summed E-state index contributed by atoms with van der Waals surface area (Å²) >= 11 is 0. The van der Waals surface area contributed by atoms with E-state index in [1.54, 1.807) is 19.3 Å². The lowest BCUT2D eigenvalue weighted by molar-refractivity contribution is -0.585. The summed E-state index contributed by atoms with van der Waals surface area (Å²) in [6, 6.07) is 3.72. The van der Waals surface area contributed by atoms with Crippen molar-refractivity contribution < 1.29 is 14.1 Å². The third-order valence-electron chi connectivity index (χ3n) is 1.81. The van der Waals surface area contributed by atoms with Gasteiger partial charge in [0.25, 0.3) is 0 Å². The van der Waals surface area contributed by atoms with E-state index >= 15 is 0 Å². The number of hydrogen-bond acceptors (Lipinski definition) is 3. The summed E-state index contributed by atoms with van der Waals surface area (Å²) in [5, 5.41) is 0. The molecular weight excluding hydrogens is 180 g/mol. The van der Waals surface area contributed by atoms with E-state index in [-0.39, 0.29) is 6.09 Å². The van der Waals surface area contributed by atoms with Crippen LogP contribution >= 0.6 is 0 Å². The van der Waals surface area contributed by atoms with E-state index in [9.17, 15) is 4.79 Å². The second-order valence-electron chi connectivity index (χ2n) is 3.06. The number of carbonyl (C=O) groups is 1. The lowest BCUT2D eigenvalue weighted by Crippen LogP contribution is -2.42. The Bertz CT molecular complexity index is 306. The molecule has 4 heteroatoms. The Hall–Kier alpha value is -1.58. The first-order valence-corrected chi connectivity index (χ1v) is 4.51. The van der Waals surface area contributed by atoms with Crippen molar-refractivity contribution in [2.24, 2.45) is 0 Å². The minimum Gasteiger partial charge on any atom is -0.412 e. The normalized spacial score (nSPS) is 9.64. The van der Waals surface area contributed by atoms with Crippen LogP contribution < -0.4 is 9.47 Å². The van der Waals surface area contributed by atoms with Gasteiger partial charge in [0.05, 0.1) is 6.61 Å². The fourth-order valence-corrected chi connectivity index (χ4v) is 1.04. The summed E-state index contributed by atoms with van der Waals surface area (Å²) in [6.07, 6.45) is 3.03. The molecule has 0 amide bonds. The summed E-state index contributed by atoms with van der Waals surface area (Å²) in [5.41, 5.74) is 1.05. The highest BCUT2D eigenvalue weighted by molar-refractivity contribution is 5.57. The molecule has 4 nitrogen and oxygen atoms in total. The minimum atomic E-state index is -0.349. The number of rotatable bonds is 2. The largest absolute Gasteiger partial charge is 0.601 e. The molecule has 76 valence electrons. The first-order valence-electron chi connectivity index (χ1n) is 4.51. The van der Waals surface area contributed by atoms with Gasteiger partial charge in [-0.25, -0.2) is 0 Å². The number of hydrogen-bond donors (Lipinski definition) is 0. The van der Waals surface area contributed by atoms with Crippen molar-refractivity contribution in [3.8, 4) is 0 Å². The van der Waals surface area contributed by atoms with Crippen LogP contribution in [0.25, 0.3) is 0 Å². The van der Waals surface area contributed by atoms with E-state index in [1.165, 1.54) is 4.57 Å². The highest BCUT2D eigenvalue weighted by Gasteiger charge is 2.14. The molecule has 0 saturated carbocycles. The van der Waals surface area contributed by atoms with Crippen molar-refractivity contribution in [2.75, 3.05) is 25.6 Å². The van der Waals surface area contributed by atoms with Gasteiger partial charge in [-0.1, -0.05) is 4.57 Å². The quantitative estimate of drug-likeness (QED) is 0.661. The zero-order valence-corrected chi connectivity index (χ0v) is 8.73. The van der Waals surface area contributed by atoms with Crippen LogP contribution in [0.3, 0.4) is 0 Å². The number of nitrogens with zero attached hydrogens (tertiary/aromatic N) is 2. The molecule has 1 aromatic rings. The molecule has 0 aliphatic carbocycles. The van der Waals surface area contributed by atoms with Crippen molar-refractivity contribution in [1.29, 1.82) is 0 Å². The van der Waals surface area contributed by atoms with Crippen LogP contribution in [-0.2, 0) is 4.74 Å². The number of ether oxygens (including phenoxy) is 1. The predicted octanol–water partition coefficient (Wildman–Crippen LogP) is 1.04. The first-order chi connectivity index (χ1) is 6.65. The van der Waals surface area contributed by atoms with Crippen LogP contribution in [0, 0.1) is 0 Å². The summed E-state index contributed by atoms with van der Waals surface area (Å²) < 4.78 is 6.25. The van der Waals surface area contributed by atoms with E-state index in [0.717, 1.165) is 5.69 Å². The van der Waals surface area contributed by atoms with Crippen LogP contribution in [0.1, 0.15) is 6.92 Å². The van der Waals surface area contributed by atoms with Crippen LogP contribution in [-0.4, -0.2) is 26.8 Å². The zero-order valence-electron chi connectivity index (χ0n) is 8.73. The predicted molar refractivity (Wildman–Crippen MR) is 53.4 cm³/mol. The van der Waals surface area contributed by atoms with Gasteiger partial charge in [-0.2, -0.15) is 4.79 Å². The van der Waals surface area contributed by atoms with Crippen molar-refractivity contribution in [2.45, 2.75) is 6.92 Å². The maximum absolute atomic E-state index is 11.3. The molecule has 0 radical (unpaired) electrons. The molecule has 0 fully saturated rings. The first kappa shape index (κ1) is 10.5. The Kier molecular flexibility index (Phi) is 3.45. The van der Waals surface area contributed by atoms with Crippen LogP contribution in [0.2, 0.25) is 0 Å². The van der Waals surface area contributed by atoms with Crippen molar-refractivity contribution >= 4 is 11.8 Å². The molecule has 14 heavy (non-hydrogen) atoms. The van der Waals surface area contributed by atoms with E-state index in [4.69, 9.17) is 4.74 Å². The standard InChI is InChI=1S/C10H15N2O2/c1-4-14-10(13)12-7-5-9(6-8-12)11(2)3/h5-8H,4H2,1-3H3/q+1. The average Bonchev–Trinajstić information content (AvgIpc) is 2.18. The fourth-order valence-electron chi connectivity index (χ4n) is 1.04. The van der Waals surface area contributed by atoms with Crippen LogP contribution in [0.15, 0.2) is 24.5 Å². The Labute approximate surface area is 83.7 Å². The summed E-state index contributed by atoms with van der Waals surface area (Å²) in [6.45, 7) is 2.17. The maximum atomic E-state index is 11.3. The van der Waals surface area contributed by atoms with Gasteiger partial charge in [-0.05, 0) is 6.92 Å². The topological polar surface area (TPSA) is 33.4 Å². The highest BCUT2D eigenvalue weighted by atomic mass is 16.5. The van der Waals surface area contributed by atoms with Gasteiger partial charge in [0.1, 0.15) is 0 Å². The van der Waals surface area contributed by atoms with Crippen molar-refractivity contribution in [3.63, 3.8) is 0 Å². The third-order valence-corrected chi connectivity index (χ3v) is 1.81. The third kappa shape index (κ3) is 2.45. The number of anilines is 1. The molecule has 0 aliphatic heterocycles. The number of aromatic nitrogens is 1. The molecule has 0 atom stereocenters. The highest BCUT2D eigenvalue weighted by Crippen LogP contribution is 2.05. The Balaban J connectivity index is 2.78. The molecule has 0 spiro atoms. The monoisotopic (exact) mass is 195 g/mol. The molecule has 0 N–H and O–H groups in total. The van der Waals surface area contributed by atoms with Crippen molar-refractivity contribution in [1.82, 2.24) is 0 Å². The van der Waals surface area contributed by atoms with E-state index in [0.29, 0.717) is 6.61 Å². The van der Waals surface area contributed by atoms with Gasteiger partial charge in [0.2, 0.25) is 0 Å².